The molecule has 13 nitrogen and oxygen atoms in total. The summed E-state index contributed by atoms with van der Waals surface area (Å²) in [5, 5.41) is 13.7. The molecule has 4 atom stereocenters. The van der Waals surface area contributed by atoms with Crippen molar-refractivity contribution in [1.82, 2.24) is 36.6 Å². The van der Waals surface area contributed by atoms with Gasteiger partial charge in [-0.05, 0) is 30.9 Å². The largest absolute Gasteiger partial charge is 0.491 e. The standard InChI is InChI=1S/C30H41N7O6/c1-17(2)25-30(42)37-26(18(3)4)29(41)34-19(5)16-43-23-9-7-6-8-21(23)27(39)35-22(14-24(38)36-25)28(40)33-11-10-20-15-31-12-13-32-20/h6-9,12-13,15,17-19,22,25-26H,10-11,14,16H2,1-5H3,(H,33,40)(H,34,41)(H,35,39)(H,36,38)(H,37,42)/t19-,22-,25-,26+/m0/s1. The molecule has 3 rings (SSSR count). The highest BCUT2D eigenvalue weighted by Gasteiger charge is 2.33. The Morgan fingerprint density at radius 2 is 1.63 bits per heavy atom. The first kappa shape index (κ1) is 33.0. The van der Waals surface area contributed by atoms with Crippen LogP contribution in [-0.2, 0) is 25.6 Å². The SMILES string of the molecule is CC(C)[C@@H]1NC(=O)C[C@@H](C(=O)NCCc2cnccn2)NC(=O)c2ccccc2OC[C@H](C)NC(=O)[C@@H](C(C)C)NC1=O. The van der Waals surface area contributed by atoms with Crippen molar-refractivity contribution in [2.24, 2.45) is 11.8 Å². The highest BCUT2D eigenvalue weighted by molar-refractivity contribution is 6.01. The maximum Gasteiger partial charge on any atom is 0.255 e. The Kier molecular flexibility index (Phi) is 12.0. The van der Waals surface area contributed by atoms with Gasteiger partial charge in [-0.2, -0.15) is 0 Å². The minimum atomic E-state index is -1.26. The molecular formula is C30H41N7O6. The molecule has 0 spiro atoms. The van der Waals surface area contributed by atoms with E-state index in [0.29, 0.717) is 12.1 Å². The molecule has 0 aliphatic carbocycles. The highest BCUT2D eigenvalue weighted by atomic mass is 16.5. The second-order valence-corrected chi connectivity index (χ2v) is 11.2. The number of carbonyl (C=O) groups is 5. The van der Waals surface area contributed by atoms with Crippen LogP contribution in [0.15, 0.2) is 42.9 Å². The fourth-order valence-electron chi connectivity index (χ4n) is 4.44. The number of nitrogens with one attached hydrogen (secondary N) is 5. The second kappa shape index (κ2) is 15.6. The Hall–Kier alpha value is -4.55. The van der Waals surface area contributed by atoms with Crippen molar-refractivity contribution in [2.45, 2.75) is 71.6 Å². The zero-order valence-corrected chi connectivity index (χ0v) is 25.2. The molecule has 2 heterocycles. The normalized spacial score (nSPS) is 22.3. The molecule has 1 aliphatic heterocycles. The number of para-hydroxylation sites is 1. The van der Waals surface area contributed by atoms with Crippen LogP contribution in [0.3, 0.4) is 0 Å². The van der Waals surface area contributed by atoms with Gasteiger partial charge >= 0.3 is 0 Å². The quantitative estimate of drug-likeness (QED) is 0.320. The van der Waals surface area contributed by atoms with Gasteiger partial charge in [0.25, 0.3) is 5.91 Å². The maximum atomic E-state index is 13.4. The molecule has 232 valence electrons. The summed E-state index contributed by atoms with van der Waals surface area (Å²) in [6.07, 6.45) is 4.62. The summed E-state index contributed by atoms with van der Waals surface area (Å²) < 4.78 is 5.88. The first-order valence-electron chi connectivity index (χ1n) is 14.4. The molecule has 13 heteroatoms. The van der Waals surface area contributed by atoms with Crippen molar-refractivity contribution in [3.63, 3.8) is 0 Å². The average molecular weight is 596 g/mol. The Morgan fingerprint density at radius 3 is 2.30 bits per heavy atom. The van der Waals surface area contributed by atoms with E-state index in [1.165, 1.54) is 6.07 Å². The number of hydrogen-bond acceptors (Lipinski definition) is 8. The predicted molar refractivity (Wildman–Crippen MR) is 158 cm³/mol. The van der Waals surface area contributed by atoms with E-state index >= 15 is 0 Å². The zero-order valence-electron chi connectivity index (χ0n) is 25.2. The van der Waals surface area contributed by atoms with Crippen LogP contribution in [0, 0.1) is 11.8 Å². The summed E-state index contributed by atoms with van der Waals surface area (Å²) >= 11 is 0. The van der Waals surface area contributed by atoms with Crippen LogP contribution >= 0.6 is 0 Å². The number of rotatable bonds is 6. The van der Waals surface area contributed by atoms with Crippen molar-refractivity contribution in [2.75, 3.05) is 13.2 Å². The molecule has 0 unspecified atom stereocenters. The van der Waals surface area contributed by atoms with Gasteiger partial charge in [0.15, 0.2) is 0 Å². The van der Waals surface area contributed by atoms with E-state index in [1.807, 2.05) is 0 Å². The van der Waals surface area contributed by atoms with Gasteiger partial charge in [-0.1, -0.05) is 39.8 Å². The van der Waals surface area contributed by atoms with Gasteiger partial charge in [-0.25, -0.2) is 0 Å². The molecule has 0 bridgehead atoms. The van der Waals surface area contributed by atoms with E-state index in [-0.39, 0.29) is 36.3 Å². The topological polar surface area (TPSA) is 181 Å². The van der Waals surface area contributed by atoms with Crippen LogP contribution in [0.2, 0.25) is 0 Å². The molecule has 0 saturated carbocycles. The van der Waals surface area contributed by atoms with Crippen molar-refractivity contribution in [1.29, 1.82) is 0 Å². The van der Waals surface area contributed by atoms with Gasteiger partial charge in [0.1, 0.15) is 30.5 Å². The smallest absolute Gasteiger partial charge is 0.255 e. The maximum absolute atomic E-state index is 13.4. The summed E-state index contributed by atoms with van der Waals surface area (Å²) in [7, 11) is 0. The van der Waals surface area contributed by atoms with E-state index in [4.69, 9.17) is 4.74 Å². The number of nitrogens with zero attached hydrogens (tertiary/aromatic N) is 2. The van der Waals surface area contributed by atoms with Crippen molar-refractivity contribution >= 4 is 29.5 Å². The zero-order chi connectivity index (χ0) is 31.5. The van der Waals surface area contributed by atoms with E-state index in [1.54, 1.807) is 71.4 Å². The summed E-state index contributed by atoms with van der Waals surface area (Å²) in [5.74, 6) is -3.13. The van der Waals surface area contributed by atoms with Gasteiger partial charge in [0.05, 0.1) is 23.7 Å². The van der Waals surface area contributed by atoms with Gasteiger partial charge in [-0.3, -0.25) is 33.9 Å². The van der Waals surface area contributed by atoms with Crippen LogP contribution in [0.25, 0.3) is 0 Å². The molecule has 43 heavy (non-hydrogen) atoms. The third-order valence-electron chi connectivity index (χ3n) is 6.83. The fraction of sp³-hybridized carbons (Fsp3) is 0.500. The molecule has 2 aromatic rings. The lowest BCUT2D eigenvalue weighted by atomic mass is 9.99. The van der Waals surface area contributed by atoms with Crippen LogP contribution in [0.5, 0.6) is 5.75 Å². The van der Waals surface area contributed by atoms with Gasteiger partial charge in [0.2, 0.25) is 23.6 Å². The fourth-order valence-corrected chi connectivity index (χ4v) is 4.44. The lowest BCUT2D eigenvalue weighted by Crippen LogP contribution is -2.58. The van der Waals surface area contributed by atoms with Crippen molar-refractivity contribution in [3.8, 4) is 5.75 Å². The summed E-state index contributed by atoms with van der Waals surface area (Å²) in [6.45, 7) is 9.09. The third kappa shape index (κ3) is 9.76. The molecule has 5 amide bonds. The molecule has 1 aromatic heterocycles. The van der Waals surface area contributed by atoms with E-state index in [0.717, 1.165) is 0 Å². The van der Waals surface area contributed by atoms with Gasteiger partial charge < -0.3 is 31.3 Å². The number of carbonyl (C=O) groups excluding carboxylic acids is 5. The summed E-state index contributed by atoms with van der Waals surface area (Å²) in [4.78, 5) is 74.5. The van der Waals surface area contributed by atoms with Gasteiger partial charge in [0, 0.05) is 31.6 Å². The first-order valence-corrected chi connectivity index (χ1v) is 14.4. The van der Waals surface area contributed by atoms with Crippen LogP contribution in [0.4, 0.5) is 0 Å². The number of benzene rings is 1. The second-order valence-electron chi connectivity index (χ2n) is 11.2. The van der Waals surface area contributed by atoms with E-state index in [2.05, 4.69) is 36.6 Å². The lowest BCUT2D eigenvalue weighted by molar-refractivity contribution is -0.134. The minimum absolute atomic E-state index is 0.0374. The Bertz CT molecular complexity index is 1290. The first-order chi connectivity index (χ1) is 20.5. The molecule has 1 aromatic carbocycles. The number of hydrogen-bond donors (Lipinski definition) is 5. The molecule has 1 aliphatic rings. The van der Waals surface area contributed by atoms with Crippen LogP contribution in [-0.4, -0.2) is 76.8 Å². The van der Waals surface area contributed by atoms with Crippen LogP contribution in [0.1, 0.15) is 57.1 Å². The third-order valence-corrected chi connectivity index (χ3v) is 6.83. The molecule has 0 fully saturated rings. The Balaban J connectivity index is 1.90. The Labute approximate surface area is 251 Å². The van der Waals surface area contributed by atoms with Crippen LogP contribution < -0.4 is 31.3 Å². The lowest BCUT2D eigenvalue weighted by Gasteiger charge is -2.28. The monoisotopic (exact) mass is 595 g/mol. The molecule has 0 saturated heterocycles. The molecular weight excluding hydrogens is 554 g/mol. The molecule has 0 radical (unpaired) electrons. The number of fused-ring (bicyclic) bond motifs is 1. The summed E-state index contributed by atoms with van der Waals surface area (Å²) in [5.41, 5.74) is 0.817. The van der Waals surface area contributed by atoms with E-state index < -0.39 is 60.1 Å². The summed E-state index contributed by atoms with van der Waals surface area (Å²) in [6, 6.07) is 2.89. The highest BCUT2D eigenvalue weighted by Crippen LogP contribution is 2.19. The van der Waals surface area contributed by atoms with Gasteiger partial charge in [-0.15, -0.1) is 0 Å². The van der Waals surface area contributed by atoms with E-state index in [9.17, 15) is 24.0 Å². The molecule has 5 N–H and O–H groups in total. The number of ether oxygens (including phenoxy) is 1. The van der Waals surface area contributed by atoms with Crippen molar-refractivity contribution in [3.05, 3.63) is 54.1 Å². The minimum Gasteiger partial charge on any atom is -0.491 e. The Morgan fingerprint density at radius 1 is 0.953 bits per heavy atom. The van der Waals surface area contributed by atoms with Crippen molar-refractivity contribution < 1.29 is 28.7 Å². The predicted octanol–water partition coefficient (Wildman–Crippen LogP) is 0.503. The average Bonchev–Trinajstić information content (AvgIpc) is 2.96. The number of amides is 5. The number of aromatic nitrogens is 2.